The number of fused-ring (bicyclic) bond motifs is 1. The van der Waals surface area contributed by atoms with Crippen molar-refractivity contribution in [3.05, 3.63) is 11.6 Å². The van der Waals surface area contributed by atoms with Crippen LogP contribution >= 0.6 is 0 Å². The molecule has 7 unspecified atom stereocenters. The molecule has 4 aliphatic carbocycles. The molecule has 0 aliphatic heterocycles. The summed E-state index contributed by atoms with van der Waals surface area (Å²) in [5, 5.41) is 0. The molecule has 7 atom stereocenters. The molecular weight excluding hydrogens is 324 g/mol. The molecule has 3 saturated carbocycles. The highest BCUT2D eigenvalue weighted by Crippen LogP contribution is 2.50. The van der Waals surface area contributed by atoms with Crippen LogP contribution in [0, 0.1) is 41.4 Å². The van der Waals surface area contributed by atoms with E-state index in [1.54, 1.807) is 38.5 Å². The van der Waals surface area contributed by atoms with Crippen molar-refractivity contribution in [1.29, 1.82) is 0 Å². The van der Waals surface area contributed by atoms with E-state index in [1.807, 2.05) is 5.57 Å². The Bertz CT molecular complexity index is 488. The lowest BCUT2D eigenvalue weighted by atomic mass is 9.70. The summed E-state index contributed by atoms with van der Waals surface area (Å²) in [5.74, 6) is 7.30. The van der Waals surface area contributed by atoms with Crippen LogP contribution in [0.15, 0.2) is 11.6 Å². The maximum absolute atomic E-state index is 2.63. The van der Waals surface area contributed by atoms with E-state index in [9.17, 15) is 0 Å². The maximum Gasteiger partial charge on any atom is -0.0200 e. The highest BCUT2D eigenvalue weighted by Gasteiger charge is 2.40. The van der Waals surface area contributed by atoms with Gasteiger partial charge in [0, 0.05) is 0 Å². The van der Waals surface area contributed by atoms with Gasteiger partial charge in [-0.05, 0) is 92.8 Å². The van der Waals surface area contributed by atoms with Crippen molar-refractivity contribution in [1.82, 2.24) is 0 Å². The summed E-state index contributed by atoms with van der Waals surface area (Å²) < 4.78 is 0. The first-order valence-corrected chi connectivity index (χ1v) is 12.9. The molecule has 0 aromatic heterocycles. The zero-order valence-electron chi connectivity index (χ0n) is 18.4. The zero-order valence-corrected chi connectivity index (χ0v) is 18.4. The van der Waals surface area contributed by atoms with Crippen LogP contribution in [0.1, 0.15) is 117 Å². The molecule has 0 bridgehead atoms. The predicted molar refractivity (Wildman–Crippen MR) is 118 cm³/mol. The summed E-state index contributed by atoms with van der Waals surface area (Å²) in [6.07, 6.45) is 26.8. The first-order chi connectivity index (χ1) is 13.2. The summed E-state index contributed by atoms with van der Waals surface area (Å²) in [6, 6.07) is 0. The quantitative estimate of drug-likeness (QED) is 0.311. The predicted octanol–water partition coefficient (Wildman–Crippen LogP) is 8.56. The first-order valence-electron chi connectivity index (χ1n) is 12.9. The minimum absolute atomic E-state index is 1.00. The lowest BCUT2D eigenvalue weighted by molar-refractivity contribution is 0.193. The highest BCUT2D eigenvalue weighted by atomic mass is 14.4. The number of allylic oxidation sites excluding steroid dienone is 2. The van der Waals surface area contributed by atoms with Crippen LogP contribution in [0.5, 0.6) is 0 Å². The van der Waals surface area contributed by atoms with Crippen LogP contribution in [0.4, 0.5) is 0 Å². The van der Waals surface area contributed by atoms with E-state index in [0.29, 0.717) is 0 Å². The van der Waals surface area contributed by atoms with Crippen molar-refractivity contribution in [3.8, 4) is 0 Å². The second kappa shape index (κ2) is 9.49. The van der Waals surface area contributed by atoms with Crippen LogP contribution in [-0.4, -0.2) is 0 Å². The van der Waals surface area contributed by atoms with Crippen molar-refractivity contribution in [2.75, 3.05) is 0 Å². The molecular formula is C27H46. The molecule has 0 saturated heterocycles. The third kappa shape index (κ3) is 4.84. The van der Waals surface area contributed by atoms with Crippen LogP contribution in [0.3, 0.4) is 0 Å². The Hall–Kier alpha value is -0.260. The largest absolute Gasteiger partial charge is 0.0850 e. The minimum atomic E-state index is 1.00. The smallest absolute Gasteiger partial charge is 0.0200 e. The number of hydrogen-bond donors (Lipinski definition) is 0. The summed E-state index contributed by atoms with van der Waals surface area (Å²) >= 11 is 0. The average Bonchev–Trinajstić information content (AvgIpc) is 3.31. The average molecular weight is 371 g/mol. The van der Waals surface area contributed by atoms with Gasteiger partial charge in [0.15, 0.2) is 0 Å². The fourth-order valence-electron chi connectivity index (χ4n) is 7.82. The van der Waals surface area contributed by atoms with Gasteiger partial charge in [0.1, 0.15) is 0 Å². The van der Waals surface area contributed by atoms with Gasteiger partial charge in [-0.15, -0.1) is 0 Å². The summed E-state index contributed by atoms with van der Waals surface area (Å²) in [4.78, 5) is 0. The SMILES string of the molecule is CCC1CCCC(CCCCC2CCC(C3CCC4CCC=C4C3)C2C)C1. The van der Waals surface area contributed by atoms with Gasteiger partial charge in [-0.3, -0.25) is 0 Å². The molecule has 0 spiro atoms. The van der Waals surface area contributed by atoms with Gasteiger partial charge in [0.05, 0.1) is 0 Å². The Balaban J connectivity index is 1.16. The Morgan fingerprint density at radius 2 is 1.74 bits per heavy atom. The van der Waals surface area contributed by atoms with Crippen LogP contribution in [-0.2, 0) is 0 Å². The van der Waals surface area contributed by atoms with Gasteiger partial charge < -0.3 is 0 Å². The highest BCUT2D eigenvalue weighted by molar-refractivity contribution is 5.16. The van der Waals surface area contributed by atoms with E-state index in [2.05, 4.69) is 19.9 Å². The lowest BCUT2D eigenvalue weighted by Gasteiger charge is -2.35. The third-order valence-electron chi connectivity index (χ3n) is 9.63. The van der Waals surface area contributed by atoms with Gasteiger partial charge in [-0.25, -0.2) is 0 Å². The normalized spacial score (nSPS) is 42.1. The van der Waals surface area contributed by atoms with Gasteiger partial charge in [-0.1, -0.05) is 76.9 Å². The zero-order chi connectivity index (χ0) is 18.6. The second-order valence-electron chi connectivity index (χ2n) is 11.0. The van der Waals surface area contributed by atoms with Crippen molar-refractivity contribution in [2.24, 2.45) is 41.4 Å². The standard InChI is InChI=1S/C27H46/c1-3-21-9-6-10-22(18-21)8-4-5-11-23-16-17-27(20(23)2)26-15-14-24-12-7-13-25(24)19-26/h13,20-24,26-27H,3-12,14-19H2,1-2H3. The molecule has 27 heavy (non-hydrogen) atoms. The van der Waals surface area contributed by atoms with Crippen LogP contribution in [0.2, 0.25) is 0 Å². The molecule has 0 nitrogen and oxygen atoms in total. The molecule has 154 valence electrons. The van der Waals surface area contributed by atoms with E-state index in [4.69, 9.17) is 0 Å². The molecule has 4 rings (SSSR count). The van der Waals surface area contributed by atoms with Gasteiger partial charge in [0.2, 0.25) is 0 Å². The Morgan fingerprint density at radius 1 is 0.889 bits per heavy atom. The minimum Gasteiger partial charge on any atom is -0.0850 e. The Kier molecular flexibility index (Phi) is 7.04. The van der Waals surface area contributed by atoms with Crippen molar-refractivity contribution in [2.45, 2.75) is 117 Å². The molecule has 0 N–H and O–H groups in total. The van der Waals surface area contributed by atoms with Crippen molar-refractivity contribution in [3.63, 3.8) is 0 Å². The molecule has 3 fully saturated rings. The monoisotopic (exact) mass is 370 g/mol. The number of hydrogen-bond acceptors (Lipinski definition) is 0. The Labute approximate surface area is 170 Å². The summed E-state index contributed by atoms with van der Waals surface area (Å²) in [5.41, 5.74) is 1.87. The van der Waals surface area contributed by atoms with E-state index >= 15 is 0 Å². The topological polar surface area (TPSA) is 0 Å². The maximum atomic E-state index is 2.63. The molecule has 0 aromatic carbocycles. The lowest BCUT2D eigenvalue weighted by Crippen LogP contribution is -2.25. The molecule has 4 aliphatic rings. The van der Waals surface area contributed by atoms with Crippen molar-refractivity contribution < 1.29 is 0 Å². The van der Waals surface area contributed by atoms with E-state index in [0.717, 1.165) is 41.4 Å². The Morgan fingerprint density at radius 3 is 2.63 bits per heavy atom. The van der Waals surface area contributed by atoms with Gasteiger partial charge in [-0.2, -0.15) is 0 Å². The van der Waals surface area contributed by atoms with Gasteiger partial charge in [0.25, 0.3) is 0 Å². The van der Waals surface area contributed by atoms with Crippen LogP contribution in [0.25, 0.3) is 0 Å². The summed E-state index contributed by atoms with van der Waals surface area (Å²) in [7, 11) is 0. The number of rotatable bonds is 7. The third-order valence-corrected chi connectivity index (χ3v) is 9.63. The molecule has 0 amide bonds. The molecule has 0 heteroatoms. The summed E-state index contributed by atoms with van der Waals surface area (Å²) in [6.45, 7) is 5.03. The second-order valence-corrected chi connectivity index (χ2v) is 11.0. The van der Waals surface area contributed by atoms with E-state index < -0.39 is 0 Å². The fourth-order valence-corrected chi connectivity index (χ4v) is 7.82. The molecule has 0 heterocycles. The number of unbranched alkanes of at least 4 members (excludes halogenated alkanes) is 1. The van der Waals surface area contributed by atoms with E-state index in [1.165, 1.54) is 64.2 Å². The van der Waals surface area contributed by atoms with Crippen LogP contribution < -0.4 is 0 Å². The molecule has 0 aromatic rings. The first kappa shape index (κ1) is 20.0. The van der Waals surface area contributed by atoms with Crippen molar-refractivity contribution >= 4 is 0 Å². The van der Waals surface area contributed by atoms with Gasteiger partial charge >= 0.3 is 0 Å². The van der Waals surface area contributed by atoms with E-state index in [-0.39, 0.29) is 0 Å². The molecule has 0 radical (unpaired) electrons. The fraction of sp³-hybridized carbons (Fsp3) is 0.926.